The smallest absolute Gasteiger partial charge is 0.162 e. The van der Waals surface area contributed by atoms with Gasteiger partial charge in [-0.05, 0) is 13.0 Å². The number of imidazole rings is 1. The highest BCUT2D eigenvalue weighted by Gasteiger charge is 2.23. The molecule has 0 aromatic carbocycles. The summed E-state index contributed by atoms with van der Waals surface area (Å²) < 4.78 is 7.17. The first-order valence-corrected chi connectivity index (χ1v) is 6.06. The van der Waals surface area contributed by atoms with Gasteiger partial charge in [-0.1, -0.05) is 6.92 Å². The van der Waals surface area contributed by atoms with Gasteiger partial charge in [-0.25, -0.2) is 4.98 Å². The third-order valence-electron chi connectivity index (χ3n) is 2.83. The molecule has 0 radical (unpaired) electrons. The van der Waals surface area contributed by atoms with Crippen molar-refractivity contribution in [1.29, 1.82) is 0 Å². The SMILES string of the molecule is CCCNC(c1ncc[nH]1)c1c(OC)cnn1C. The van der Waals surface area contributed by atoms with Gasteiger partial charge in [0.1, 0.15) is 17.6 Å². The molecule has 2 rings (SSSR count). The maximum absolute atomic E-state index is 5.36. The van der Waals surface area contributed by atoms with Crippen molar-refractivity contribution in [3.63, 3.8) is 0 Å². The Kier molecular flexibility index (Phi) is 3.99. The molecule has 0 aliphatic rings. The van der Waals surface area contributed by atoms with Crippen LogP contribution in [0.5, 0.6) is 5.75 Å². The lowest BCUT2D eigenvalue weighted by atomic mass is 10.1. The first-order chi connectivity index (χ1) is 8.77. The Morgan fingerprint density at radius 1 is 1.56 bits per heavy atom. The van der Waals surface area contributed by atoms with Gasteiger partial charge in [-0.3, -0.25) is 4.68 Å². The van der Waals surface area contributed by atoms with Gasteiger partial charge in [0.05, 0.1) is 13.3 Å². The zero-order chi connectivity index (χ0) is 13.0. The van der Waals surface area contributed by atoms with E-state index in [0.717, 1.165) is 30.2 Å². The van der Waals surface area contributed by atoms with Crippen LogP contribution in [0.2, 0.25) is 0 Å². The molecule has 0 fully saturated rings. The van der Waals surface area contributed by atoms with E-state index in [-0.39, 0.29) is 6.04 Å². The Hall–Kier alpha value is -1.82. The molecule has 0 saturated heterocycles. The lowest BCUT2D eigenvalue weighted by molar-refractivity contribution is 0.399. The molecule has 1 atom stereocenters. The number of aromatic amines is 1. The predicted octanol–water partition coefficient (Wildman–Crippen LogP) is 1.24. The van der Waals surface area contributed by atoms with Crippen LogP contribution in [-0.2, 0) is 7.05 Å². The normalized spacial score (nSPS) is 12.6. The van der Waals surface area contributed by atoms with Crippen LogP contribution in [0.1, 0.15) is 30.9 Å². The standard InChI is InChI=1S/C12H19N5O/c1-4-5-13-10(12-14-6-7-15-12)11-9(18-3)8-16-17(11)2/h6-8,10,13H,4-5H2,1-3H3,(H,14,15). The molecule has 0 aliphatic heterocycles. The summed E-state index contributed by atoms with van der Waals surface area (Å²) in [7, 11) is 3.56. The highest BCUT2D eigenvalue weighted by molar-refractivity contribution is 5.32. The molecule has 6 nitrogen and oxygen atoms in total. The van der Waals surface area contributed by atoms with Gasteiger partial charge in [-0.2, -0.15) is 5.10 Å². The topological polar surface area (TPSA) is 67.8 Å². The molecule has 2 heterocycles. The number of aromatic nitrogens is 4. The van der Waals surface area contributed by atoms with Crippen LogP contribution < -0.4 is 10.1 Å². The molecule has 2 aromatic heterocycles. The molecule has 0 aliphatic carbocycles. The van der Waals surface area contributed by atoms with E-state index < -0.39 is 0 Å². The van der Waals surface area contributed by atoms with Crippen LogP contribution in [0.3, 0.4) is 0 Å². The second-order valence-corrected chi connectivity index (χ2v) is 4.08. The van der Waals surface area contributed by atoms with Crippen molar-refractivity contribution in [2.45, 2.75) is 19.4 Å². The summed E-state index contributed by atoms with van der Waals surface area (Å²) in [4.78, 5) is 7.47. The quantitative estimate of drug-likeness (QED) is 0.808. The molecular formula is C12H19N5O. The van der Waals surface area contributed by atoms with Crippen molar-refractivity contribution < 1.29 is 4.74 Å². The second kappa shape index (κ2) is 5.68. The van der Waals surface area contributed by atoms with E-state index in [1.165, 1.54) is 0 Å². The molecule has 0 saturated carbocycles. The first kappa shape index (κ1) is 12.6. The minimum Gasteiger partial charge on any atom is -0.493 e. The molecular weight excluding hydrogens is 230 g/mol. The van der Waals surface area contributed by atoms with Crippen molar-refractivity contribution in [2.75, 3.05) is 13.7 Å². The minimum absolute atomic E-state index is 0.0394. The molecule has 2 N–H and O–H groups in total. The van der Waals surface area contributed by atoms with Crippen molar-refractivity contribution in [3.8, 4) is 5.75 Å². The number of ether oxygens (including phenoxy) is 1. The van der Waals surface area contributed by atoms with Gasteiger partial charge in [-0.15, -0.1) is 0 Å². The average Bonchev–Trinajstić information content (AvgIpc) is 3.01. The molecule has 0 amide bonds. The van der Waals surface area contributed by atoms with Gasteiger partial charge in [0.2, 0.25) is 0 Å². The summed E-state index contributed by atoms with van der Waals surface area (Å²) >= 11 is 0. The average molecular weight is 249 g/mol. The Balaban J connectivity index is 2.36. The summed E-state index contributed by atoms with van der Waals surface area (Å²) in [6, 6.07) is -0.0394. The Morgan fingerprint density at radius 2 is 2.39 bits per heavy atom. The predicted molar refractivity (Wildman–Crippen MR) is 68.5 cm³/mol. The number of rotatable bonds is 6. The molecule has 1 unspecified atom stereocenters. The van der Waals surface area contributed by atoms with E-state index in [0.29, 0.717) is 0 Å². The molecule has 6 heteroatoms. The molecule has 18 heavy (non-hydrogen) atoms. The van der Waals surface area contributed by atoms with Crippen molar-refractivity contribution in [1.82, 2.24) is 25.1 Å². The Bertz CT molecular complexity index is 477. The third-order valence-corrected chi connectivity index (χ3v) is 2.83. The van der Waals surface area contributed by atoms with Gasteiger partial charge >= 0.3 is 0 Å². The molecule has 98 valence electrons. The second-order valence-electron chi connectivity index (χ2n) is 4.08. The summed E-state index contributed by atoms with van der Waals surface area (Å²) in [6.07, 6.45) is 6.34. The number of nitrogens with one attached hydrogen (secondary N) is 2. The third kappa shape index (κ3) is 2.38. The van der Waals surface area contributed by atoms with E-state index in [4.69, 9.17) is 4.74 Å². The van der Waals surface area contributed by atoms with Crippen LogP contribution in [0.4, 0.5) is 0 Å². The lowest BCUT2D eigenvalue weighted by Gasteiger charge is -2.18. The number of hydrogen-bond donors (Lipinski definition) is 2. The van der Waals surface area contributed by atoms with E-state index in [1.54, 1.807) is 19.5 Å². The lowest BCUT2D eigenvalue weighted by Crippen LogP contribution is -2.26. The number of nitrogens with zero attached hydrogens (tertiary/aromatic N) is 3. The number of aryl methyl sites for hydroxylation is 1. The number of H-pyrrole nitrogens is 1. The Labute approximate surface area is 106 Å². The fourth-order valence-corrected chi connectivity index (χ4v) is 1.96. The zero-order valence-electron chi connectivity index (χ0n) is 11.0. The van der Waals surface area contributed by atoms with E-state index >= 15 is 0 Å². The zero-order valence-corrected chi connectivity index (χ0v) is 11.0. The maximum Gasteiger partial charge on any atom is 0.162 e. The monoisotopic (exact) mass is 249 g/mol. The number of hydrogen-bond acceptors (Lipinski definition) is 4. The molecule has 0 spiro atoms. The minimum atomic E-state index is -0.0394. The van der Waals surface area contributed by atoms with E-state index in [1.807, 2.05) is 17.9 Å². The summed E-state index contributed by atoms with van der Waals surface area (Å²) in [5.41, 5.74) is 0.973. The maximum atomic E-state index is 5.36. The van der Waals surface area contributed by atoms with Gasteiger partial charge in [0.15, 0.2) is 5.75 Å². The Morgan fingerprint density at radius 3 is 3.00 bits per heavy atom. The highest BCUT2D eigenvalue weighted by Crippen LogP contribution is 2.27. The summed E-state index contributed by atoms with van der Waals surface area (Å²) in [5.74, 6) is 1.63. The molecule has 2 aromatic rings. The highest BCUT2D eigenvalue weighted by atomic mass is 16.5. The van der Waals surface area contributed by atoms with Gasteiger partial charge < -0.3 is 15.0 Å². The largest absolute Gasteiger partial charge is 0.493 e. The fraction of sp³-hybridized carbons (Fsp3) is 0.500. The molecule has 0 bridgehead atoms. The van der Waals surface area contributed by atoms with Crippen LogP contribution >= 0.6 is 0 Å². The van der Waals surface area contributed by atoms with Crippen LogP contribution in [0, 0.1) is 0 Å². The van der Waals surface area contributed by atoms with Gasteiger partial charge in [0, 0.05) is 19.4 Å². The fourth-order valence-electron chi connectivity index (χ4n) is 1.96. The van der Waals surface area contributed by atoms with Gasteiger partial charge in [0.25, 0.3) is 0 Å². The first-order valence-electron chi connectivity index (χ1n) is 6.06. The van der Waals surface area contributed by atoms with Crippen LogP contribution in [-0.4, -0.2) is 33.4 Å². The van der Waals surface area contributed by atoms with E-state index in [2.05, 4.69) is 27.3 Å². The van der Waals surface area contributed by atoms with Crippen LogP contribution in [0.25, 0.3) is 0 Å². The van der Waals surface area contributed by atoms with Crippen molar-refractivity contribution >= 4 is 0 Å². The summed E-state index contributed by atoms with van der Waals surface area (Å²) in [6.45, 7) is 3.03. The van der Waals surface area contributed by atoms with Crippen LogP contribution in [0.15, 0.2) is 18.6 Å². The van der Waals surface area contributed by atoms with Crippen molar-refractivity contribution in [3.05, 3.63) is 30.1 Å². The van der Waals surface area contributed by atoms with Crippen molar-refractivity contribution in [2.24, 2.45) is 7.05 Å². The summed E-state index contributed by atoms with van der Waals surface area (Å²) in [5, 5.41) is 7.69. The number of methoxy groups -OCH3 is 1. The van der Waals surface area contributed by atoms with E-state index in [9.17, 15) is 0 Å².